The van der Waals surface area contributed by atoms with E-state index in [1.54, 1.807) is 6.20 Å². The summed E-state index contributed by atoms with van der Waals surface area (Å²) >= 11 is 0. The molecule has 2 aliphatic heterocycles. The van der Waals surface area contributed by atoms with Crippen LogP contribution in [0.1, 0.15) is 24.8 Å². The predicted molar refractivity (Wildman–Crippen MR) is 111 cm³/mol. The second-order valence-corrected chi connectivity index (χ2v) is 8.56. The fourth-order valence-electron chi connectivity index (χ4n) is 4.68. The van der Waals surface area contributed by atoms with Crippen molar-refractivity contribution in [2.45, 2.75) is 38.4 Å². The third-order valence-electron chi connectivity index (χ3n) is 6.56. The van der Waals surface area contributed by atoms with Gasteiger partial charge in [0, 0.05) is 25.8 Å². The molecule has 2 aliphatic rings. The quantitative estimate of drug-likeness (QED) is 0.531. The number of anilines is 2. The number of aromatic nitrogens is 5. The van der Waals surface area contributed by atoms with Crippen molar-refractivity contribution >= 4 is 28.6 Å². The maximum absolute atomic E-state index is 13.3. The average molecular weight is 481 g/mol. The molecule has 0 aliphatic carbocycles. The first-order chi connectivity index (χ1) is 16.2. The van der Waals surface area contributed by atoms with Crippen LogP contribution in [0.5, 0.6) is 0 Å². The maximum Gasteiger partial charge on any atom is 0.417 e. The highest BCUT2D eigenvalue weighted by Crippen LogP contribution is 2.44. The zero-order valence-corrected chi connectivity index (χ0v) is 17.8. The molecule has 1 spiro atoms. The van der Waals surface area contributed by atoms with Gasteiger partial charge in [-0.1, -0.05) is 0 Å². The van der Waals surface area contributed by atoms with Gasteiger partial charge in [-0.25, -0.2) is 23.4 Å². The van der Waals surface area contributed by atoms with Gasteiger partial charge in [-0.15, -0.1) is 0 Å². The van der Waals surface area contributed by atoms with Crippen molar-refractivity contribution in [2.24, 2.45) is 5.41 Å². The van der Waals surface area contributed by atoms with E-state index in [0.29, 0.717) is 50.2 Å². The molecule has 1 amide bonds. The van der Waals surface area contributed by atoms with E-state index in [4.69, 9.17) is 0 Å². The second-order valence-electron chi connectivity index (χ2n) is 8.56. The largest absolute Gasteiger partial charge is 0.417 e. The SMILES string of the molecule is O=C1N(c2cncc(C(F)(F)F)c2)CCC12CCN(c1cnc3cnn(CC(F)F)c3n1)CC2. The zero-order chi connectivity index (χ0) is 24.1. The van der Waals surface area contributed by atoms with Gasteiger partial charge < -0.3 is 9.80 Å². The van der Waals surface area contributed by atoms with Gasteiger partial charge in [0.1, 0.15) is 17.9 Å². The lowest BCUT2D eigenvalue weighted by Crippen LogP contribution is -2.45. The topological polar surface area (TPSA) is 80.0 Å². The molecule has 0 N–H and O–H groups in total. The smallest absolute Gasteiger partial charge is 0.355 e. The van der Waals surface area contributed by atoms with Gasteiger partial charge in [0.05, 0.1) is 35.3 Å². The first-order valence-corrected chi connectivity index (χ1v) is 10.7. The molecule has 34 heavy (non-hydrogen) atoms. The summed E-state index contributed by atoms with van der Waals surface area (Å²) in [5.74, 6) is 0.299. The van der Waals surface area contributed by atoms with E-state index < -0.39 is 30.1 Å². The van der Waals surface area contributed by atoms with Crippen molar-refractivity contribution < 1.29 is 26.7 Å². The number of carbonyl (C=O) groups excluding carboxylic acids is 1. The summed E-state index contributed by atoms with van der Waals surface area (Å²) in [5, 5.41) is 3.92. The van der Waals surface area contributed by atoms with Crippen LogP contribution in [0.3, 0.4) is 0 Å². The minimum atomic E-state index is -4.54. The van der Waals surface area contributed by atoms with E-state index in [2.05, 4.69) is 20.1 Å². The number of rotatable bonds is 4. The van der Waals surface area contributed by atoms with Gasteiger partial charge >= 0.3 is 6.18 Å². The number of alkyl halides is 5. The molecule has 5 heterocycles. The lowest BCUT2D eigenvalue weighted by Gasteiger charge is -2.38. The van der Waals surface area contributed by atoms with Crippen LogP contribution >= 0.6 is 0 Å². The lowest BCUT2D eigenvalue weighted by molar-refractivity contribution is -0.138. The van der Waals surface area contributed by atoms with Crippen LogP contribution in [0.4, 0.5) is 33.5 Å². The first kappa shape index (κ1) is 22.4. The molecule has 3 aromatic rings. The van der Waals surface area contributed by atoms with E-state index in [-0.39, 0.29) is 17.2 Å². The van der Waals surface area contributed by atoms with Crippen LogP contribution in [-0.4, -0.2) is 56.7 Å². The van der Waals surface area contributed by atoms with Crippen LogP contribution < -0.4 is 9.80 Å². The van der Waals surface area contributed by atoms with Gasteiger partial charge in [-0.2, -0.15) is 18.3 Å². The lowest BCUT2D eigenvalue weighted by atomic mass is 9.77. The fourth-order valence-corrected chi connectivity index (χ4v) is 4.68. The number of pyridine rings is 1. The number of carbonyl (C=O) groups is 1. The number of amides is 1. The monoisotopic (exact) mass is 481 g/mol. The van der Waals surface area contributed by atoms with E-state index in [1.165, 1.54) is 17.3 Å². The van der Waals surface area contributed by atoms with Gasteiger partial charge in [0.25, 0.3) is 6.43 Å². The molecule has 180 valence electrons. The highest BCUT2D eigenvalue weighted by molar-refractivity contribution is 6.00. The molecular formula is C21H20F5N7O. The molecule has 13 heteroatoms. The van der Waals surface area contributed by atoms with Crippen LogP contribution in [-0.2, 0) is 17.5 Å². The number of nitrogens with zero attached hydrogens (tertiary/aromatic N) is 7. The number of hydrogen-bond acceptors (Lipinski definition) is 6. The van der Waals surface area contributed by atoms with Crippen LogP contribution in [0.2, 0.25) is 0 Å². The maximum atomic E-state index is 13.3. The van der Waals surface area contributed by atoms with Gasteiger partial charge in [-0.3, -0.25) is 9.78 Å². The van der Waals surface area contributed by atoms with Crippen molar-refractivity contribution in [3.05, 3.63) is 36.4 Å². The summed E-state index contributed by atoms with van der Waals surface area (Å²) in [6.45, 7) is 0.688. The molecule has 2 fully saturated rings. The Labute approximate surface area is 190 Å². The molecular weight excluding hydrogens is 461 g/mol. The Morgan fingerprint density at radius 2 is 1.76 bits per heavy atom. The minimum absolute atomic E-state index is 0.141. The third-order valence-corrected chi connectivity index (χ3v) is 6.56. The highest BCUT2D eigenvalue weighted by atomic mass is 19.4. The standard InChI is InChI=1S/C21H20F5N7O/c22-16(23)12-33-18-15(10-29-33)28-11-17(30-18)31-4-1-20(2-5-31)3-6-32(19(20)34)14-7-13(8-27-9-14)21(24,25)26/h7-11,16H,1-6,12H2. The van der Waals surface area contributed by atoms with Crippen molar-refractivity contribution in [1.82, 2.24) is 24.7 Å². The Hall–Kier alpha value is -3.38. The van der Waals surface area contributed by atoms with Crippen LogP contribution in [0.25, 0.3) is 11.2 Å². The Kier molecular flexibility index (Phi) is 5.36. The Bertz CT molecular complexity index is 1220. The Balaban J connectivity index is 1.31. The fraction of sp³-hybridized carbons (Fsp3) is 0.476. The average Bonchev–Trinajstić information content (AvgIpc) is 3.34. The number of hydrogen-bond donors (Lipinski definition) is 0. The Morgan fingerprint density at radius 3 is 2.47 bits per heavy atom. The highest BCUT2D eigenvalue weighted by Gasteiger charge is 2.49. The zero-order valence-electron chi connectivity index (χ0n) is 17.8. The van der Waals surface area contributed by atoms with Crippen molar-refractivity contribution in [3.63, 3.8) is 0 Å². The molecule has 0 atom stereocenters. The molecule has 5 rings (SSSR count). The summed E-state index contributed by atoms with van der Waals surface area (Å²) < 4.78 is 65.9. The summed E-state index contributed by atoms with van der Waals surface area (Å²) in [7, 11) is 0. The third kappa shape index (κ3) is 3.92. The molecule has 0 unspecified atom stereocenters. The second kappa shape index (κ2) is 8.13. The summed E-state index contributed by atoms with van der Waals surface area (Å²) in [4.78, 5) is 29.0. The van der Waals surface area contributed by atoms with Gasteiger partial charge in [-0.05, 0) is 25.3 Å². The summed E-state index contributed by atoms with van der Waals surface area (Å²) in [5.41, 5.74) is -0.747. The van der Waals surface area contributed by atoms with Gasteiger partial charge in [0.15, 0.2) is 5.65 Å². The Morgan fingerprint density at radius 1 is 1.03 bits per heavy atom. The minimum Gasteiger partial charge on any atom is -0.355 e. The molecule has 0 bridgehead atoms. The van der Waals surface area contributed by atoms with Gasteiger partial charge in [0.2, 0.25) is 5.91 Å². The molecule has 0 radical (unpaired) electrons. The molecule has 2 saturated heterocycles. The van der Waals surface area contributed by atoms with Crippen molar-refractivity contribution in [2.75, 3.05) is 29.4 Å². The van der Waals surface area contributed by atoms with E-state index >= 15 is 0 Å². The molecule has 0 aromatic carbocycles. The van der Waals surface area contributed by atoms with Crippen molar-refractivity contribution in [1.29, 1.82) is 0 Å². The first-order valence-electron chi connectivity index (χ1n) is 10.7. The van der Waals surface area contributed by atoms with Crippen LogP contribution in [0.15, 0.2) is 30.9 Å². The van der Waals surface area contributed by atoms with E-state index in [0.717, 1.165) is 16.9 Å². The van der Waals surface area contributed by atoms with E-state index in [1.807, 2.05) is 4.90 Å². The number of halogens is 5. The normalized spacial score (nSPS) is 18.6. The van der Waals surface area contributed by atoms with Crippen LogP contribution in [0, 0.1) is 5.41 Å². The summed E-state index contributed by atoms with van der Waals surface area (Å²) in [6, 6.07) is 0.951. The van der Waals surface area contributed by atoms with E-state index in [9.17, 15) is 26.7 Å². The molecule has 3 aromatic heterocycles. The predicted octanol–water partition coefficient (Wildman–Crippen LogP) is 3.53. The van der Waals surface area contributed by atoms with Crippen molar-refractivity contribution in [3.8, 4) is 0 Å². The number of fused-ring (bicyclic) bond motifs is 1. The number of piperidine rings is 1. The molecule has 0 saturated carbocycles. The molecule has 8 nitrogen and oxygen atoms in total. The summed E-state index contributed by atoms with van der Waals surface area (Å²) in [6.07, 6.45) is -0.664.